The zero-order valence-corrected chi connectivity index (χ0v) is 16.1. The van der Waals surface area contributed by atoms with Crippen molar-refractivity contribution >= 4 is 21.7 Å². The first kappa shape index (κ1) is 19.5. The van der Waals surface area contributed by atoms with Crippen molar-refractivity contribution in [3.05, 3.63) is 103 Å². The summed E-state index contributed by atoms with van der Waals surface area (Å²) in [5.74, 6) is -1.08. The van der Waals surface area contributed by atoms with Gasteiger partial charge in [0.1, 0.15) is 5.54 Å². The Labute approximate surface area is 164 Å². The lowest BCUT2D eigenvalue weighted by Gasteiger charge is -2.39. The fourth-order valence-corrected chi connectivity index (χ4v) is 4.71. The molecule has 0 fully saturated rings. The van der Waals surface area contributed by atoms with E-state index < -0.39 is 21.5 Å². The van der Waals surface area contributed by atoms with Crippen molar-refractivity contribution in [2.75, 3.05) is 0 Å². The highest BCUT2D eigenvalue weighted by Gasteiger charge is 2.45. The van der Waals surface area contributed by atoms with Crippen molar-refractivity contribution in [2.45, 2.75) is 17.4 Å². The maximum absolute atomic E-state index is 13.5. The van der Waals surface area contributed by atoms with Crippen LogP contribution in [-0.4, -0.2) is 24.4 Å². The van der Waals surface area contributed by atoms with Gasteiger partial charge < -0.3 is 0 Å². The molecule has 0 unspecified atom stereocenters. The third-order valence-corrected chi connectivity index (χ3v) is 6.34. The summed E-state index contributed by atoms with van der Waals surface area (Å²) in [6, 6.07) is 14.9. The Hall–Kier alpha value is -3.25. The van der Waals surface area contributed by atoms with E-state index in [4.69, 9.17) is 0 Å². The third kappa shape index (κ3) is 3.34. The number of hydrogen-bond acceptors (Lipinski definition) is 4. The summed E-state index contributed by atoms with van der Waals surface area (Å²) < 4.78 is 27.8. The number of allylic oxidation sites excluding steroid dienone is 2. The number of hydrogen-bond donors (Lipinski definition) is 0. The smallest absolute Gasteiger partial charge is 0.268 e. The number of sulfonamides is 1. The average Bonchev–Trinajstić information content (AvgIpc) is 2.70. The fourth-order valence-electron chi connectivity index (χ4n) is 3.08. The Balaban J connectivity index is 2.29. The van der Waals surface area contributed by atoms with Crippen molar-refractivity contribution in [1.29, 1.82) is 0 Å². The maximum Gasteiger partial charge on any atom is 0.268 e. The van der Waals surface area contributed by atoms with Crippen molar-refractivity contribution < 1.29 is 18.0 Å². The summed E-state index contributed by atoms with van der Waals surface area (Å²) in [5.41, 5.74) is -0.0632. The van der Waals surface area contributed by atoms with E-state index in [0.29, 0.717) is 5.56 Å². The van der Waals surface area contributed by atoms with E-state index in [0.717, 1.165) is 15.9 Å². The highest BCUT2D eigenvalue weighted by molar-refractivity contribution is 7.89. The monoisotopic (exact) mass is 393 g/mol. The minimum Gasteiger partial charge on any atom is -0.290 e. The van der Waals surface area contributed by atoms with Gasteiger partial charge in [0, 0.05) is 0 Å². The van der Waals surface area contributed by atoms with Gasteiger partial charge in [-0.05, 0) is 55.0 Å². The molecule has 1 aliphatic rings. The van der Waals surface area contributed by atoms with Crippen LogP contribution in [-0.2, 0) is 25.2 Å². The molecule has 0 radical (unpaired) electrons. The Morgan fingerprint density at radius 2 is 1.57 bits per heavy atom. The Morgan fingerprint density at radius 1 is 1.00 bits per heavy atom. The largest absolute Gasteiger partial charge is 0.290 e. The fraction of sp³-hybridized carbons (Fsp3) is 0.0909. The summed E-state index contributed by atoms with van der Waals surface area (Å²) in [5, 5.41) is 0. The van der Waals surface area contributed by atoms with Gasteiger partial charge in [-0.25, -0.2) is 12.7 Å². The molecule has 0 saturated carbocycles. The number of benzene rings is 2. The summed E-state index contributed by atoms with van der Waals surface area (Å²) in [7, 11) is -4.25. The van der Waals surface area contributed by atoms with Gasteiger partial charge >= 0.3 is 0 Å². The Bertz CT molecular complexity index is 1070. The number of carbonyl (C=O) groups is 2. The summed E-state index contributed by atoms with van der Waals surface area (Å²) in [6.45, 7) is 5.31. The molecule has 2 aromatic carbocycles. The third-order valence-electron chi connectivity index (χ3n) is 4.51. The van der Waals surface area contributed by atoms with Crippen LogP contribution in [0, 0.1) is 6.92 Å². The SMILES string of the molecule is C=CC(=O)N(C1(c2ccccc2)C=CC(=O)C=C1)S(=O)(=O)c1ccc(C)cc1. The van der Waals surface area contributed by atoms with E-state index >= 15 is 0 Å². The standard InChI is InChI=1S/C22H19NO4S/c1-3-21(25)23(28(26,27)20-11-9-17(2)10-12-20)22(15-13-19(24)14-16-22)18-7-5-4-6-8-18/h3-16H,1H2,2H3. The van der Waals surface area contributed by atoms with Crippen LogP contribution in [0.1, 0.15) is 11.1 Å². The molecule has 0 aromatic heterocycles. The quantitative estimate of drug-likeness (QED) is 0.731. The summed E-state index contributed by atoms with van der Waals surface area (Å²) in [6.07, 6.45) is 6.34. The molecule has 1 aliphatic carbocycles. The number of nitrogens with zero attached hydrogens (tertiary/aromatic N) is 1. The van der Waals surface area contributed by atoms with Crippen LogP contribution in [0.15, 0.2) is 96.5 Å². The van der Waals surface area contributed by atoms with Crippen LogP contribution in [0.2, 0.25) is 0 Å². The van der Waals surface area contributed by atoms with E-state index in [-0.39, 0.29) is 10.7 Å². The highest BCUT2D eigenvalue weighted by atomic mass is 32.2. The van der Waals surface area contributed by atoms with Gasteiger partial charge in [-0.15, -0.1) is 0 Å². The summed E-state index contributed by atoms with van der Waals surface area (Å²) >= 11 is 0. The van der Waals surface area contributed by atoms with Crippen molar-refractivity contribution in [2.24, 2.45) is 0 Å². The van der Waals surface area contributed by atoms with Crippen LogP contribution in [0.25, 0.3) is 0 Å². The van der Waals surface area contributed by atoms with Crippen molar-refractivity contribution in [3.8, 4) is 0 Å². The molecule has 6 heteroatoms. The second-order valence-corrected chi connectivity index (χ2v) is 8.17. The molecule has 0 heterocycles. The maximum atomic E-state index is 13.5. The minimum absolute atomic E-state index is 0.0256. The van der Waals surface area contributed by atoms with Crippen molar-refractivity contribution in [1.82, 2.24) is 4.31 Å². The summed E-state index contributed by atoms with van der Waals surface area (Å²) in [4.78, 5) is 24.6. The van der Waals surface area contributed by atoms with Gasteiger partial charge in [0.2, 0.25) is 0 Å². The molecule has 28 heavy (non-hydrogen) atoms. The zero-order valence-electron chi connectivity index (χ0n) is 15.3. The number of rotatable bonds is 5. The number of carbonyl (C=O) groups excluding carboxylic acids is 2. The predicted molar refractivity (Wildman–Crippen MR) is 107 cm³/mol. The second-order valence-electron chi connectivity index (χ2n) is 6.39. The molecular formula is C22H19NO4S. The lowest BCUT2D eigenvalue weighted by molar-refractivity contribution is -0.124. The number of aryl methyl sites for hydroxylation is 1. The van der Waals surface area contributed by atoms with Gasteiger partial charge in [-0.2, -0.15) is 0 Å². The first-order valence-electron chi connectivity index (χ1n) is 8.58. The molecule has 2 aromatic rings. The Kier molecular flexibility index (Phi) is 5.16. The van der Waals surface area contributed by atoms with Gasteiger partial charge in [-0.1, -0.05) is 54.6 Å². The zero-order chi connectivity index (χ0) is 20.4. The lowest BCUT2D eigenvalue weighted by Crippen LogP contribution is -2.50. The van der Waals surface area contributed by atoms with Gasteiger partial charge in [0.15, 0.2) is 5.78 Å². The molecule has 0 atom stereocenters. The predicted octanol–water partition coefficient (Wildman–Crippen LogP) is 3.29. The molecule has 0 bridgehead atoms. The normalized spacial score (nSPS) is 15.2. The van der Waals surface area contributed by atoms with Gasteiger partial charge in [0.05, 0.1) is 4.90 Å². The first-order chi connectivity index (χ1) is 13.3. The number of ketones is 1. The Morgan fingerprint density at radius 3 is 2.11 bits per heavy atom. The molecular weight excluding hydrogens is 374 g/mol. The van der Waals surface area contributed by atoms with E-state index in [1.807, 2.05) is 6.92 Å². The van der Waals surface area contributed by atoms with E-state index in [1.54, 1.807) is 42.5 Å². The minimum atomic E-state index is -4.25. The van der Waals surface area contributed by atoms with Crippen LogP contribution in [0.4, 0.5) is 0 Å². The van der Waals surface area contributed by atoms with Crippen molar-refractivity contribution in [3.63, 3.8) is 0 Å². The second kappa shape index (κ2) is 7.40. The van der Waals surface area contributed by atoms with Gasteiger partial charge in [-0.3, -0.25) is 9.59 Å². The van der Waals surface area contributed by atoms with Crippen LogP contribution in [0.5, 0.6) is 0 Å². The van der Waals surface area contributed by atoms with E-state index in [1.165, 1.54) is 36.4 Å². The molecule has 0 aliphatic heterocycles. The average molecular weight is 393 g/mol. The molecule has 142 valence electrons. The van der Waals surface area contributed by atoms with Crippen LogP contribution in [0.3, 0.4) is 0 Å². The first-order valence-corrected chi connectivity index (χ1v) is 10.0. The van der Waals surface area contributed by atoms with Gasteiger partial charge in [0.25, 0.3) is 15.9 Å². The van der Waals surface area contributed by atoms with Crippen LogP contribution < -0.4 is 0 Å². The molecule has 5 nitrogen and oxygen atoms in total. The topological polar surface area (TPSA) is 71.5 Å². The molecule has 0 spiro atoms. The molecule has 0 saturated heterocycles. The van der Waals surface area contributed by atoms with Crippen LogP contribution >= 0.6 is 0 Å². The number of amides is 1. The van der Waals surface area contributed by atoms with E-state index in [2.05, 4.69) is 6.58 Å². The molecule has 3 rings (SSSR count). The lowest BCUT2D eigenvalue weighted by atomic mass is 9.85. The molecule has 1 amide bonds. The highest BCUT2D eigenvalue weighted by Crippen LogP contribution is 2.38. The van der Waals surface area contributed by atoms with E-state index in [9.17, 15) is 18.0 Å². The molecule has 0 N–H and O–H groups in total.